The van der Waals surface area contributed by atoms with Crippen LogP contribution in [-0.4, -0.2) is 43.9 Å². The molecule has 0 fully saturated rings. The largest absolute Gasteiger partial charge is 0.493 e. The van der Waals surface area contributed by atoms with Crippen LogP contribution in [0.25, 0.3) is 6.08 Å². The molecule has 4 rings (SSSR count). The molecule has 1 unspecified atom stereocenters. The van der Waals surface area contributed by atoms with Crippen LogP contribution in [0.3, 0.4) is 0 Å². The van der Waals surface area contributed by atoms with Crippen molar-refractivity contribution in [1.29, 1.82) is 0 Å². The van der Waals surface area contributed by atoms with Crippen LogP contribution in [0, 0.1) is 0 Å². The molecule has 3 aromatic rings. The average molecular weight is 565 g/mol. The lowest BCUT2D eigenvalue weighted by Gasteiger charge is -2.25. The number of nitrogens with zero attached hydrogens (tertiary/aromatic N) is 2. The van der Waals surface area contributed by atoms with E-state index in [9.17, 15) is 14.4 Å². The van der Waals surface area contributed by atoms with Crippen molar-refractivity contribution >= 4 is 29.4 Å². The summed E-state index contributed by atoms with van der Waals surface area (Å²) in [5.41, 5.74) is 3.21. The maximum Gasteiger partial charge on any atom is 0.343 e. The molecule has 9 nitrogen and oxygen atoms in total. The molecule has 0 radical (unpaired) electrons. The Kier molecular flexibility index (Phi) is 8.89. The van der Waals surface area contributed by atoms with Crippen LogP contribution in [0.5, 0.6) is 11.5 Å². The maximum absolute atomic E-state index is 13.8. The number of rotatable bonds is 9. The van der Waals surface area contributed by atoms with E-state index < -0.39 is 18.0 Å². The summed E-state index contributed by atoms with van der Waals surface area (Å²) in [6.07, 6.45) is 1.73. The van der Waals surface area contributed by atoms with Crippen LogP contribution in [0.15, 0.2) is 63.5 Å². The number of thiazole rings is 1. The Morgan fingerprint density at radius 1 is 1.10 bits per heavy atom. The van der Waals surface area contributed by atoms with Gasteiger partial charge in [0.2, 0.25) is 0 Å². The molecule has 0 saturated heterocycles. The fraction of sp³-hybridized carbons (Fsp3) is 0.333. The normalized spacial score (nSPS) is 15.0. The third-order valence-electron chi connectivity index (χ3n) is 6.49. The van der Waals surface area contributed by atoms with E-state index in [1.165, 1.54) is 25.6 Å². The van der Waals surface area contributed by atoms with Gasteiger partial charge in [-0.1, -0.05) is 55.5 Å². The molecule has 1 aromatic heterocycles. The number of hydrogen-bond acceptors (Lipinski definition) is 9. The number of fused-ring (bicyclic) bond motifs is 1. The summed E-state index contributed by atoms with van der Waals surface area (Å²) >= 11 is 1.24. The number of benzene rings is 2. The van der Waals surface area contributed by atoms with Crippen LogP contribution in [-0.2, 0) is 19.1 Å². The van der Waals surface area contributed by atoms with Crippen LogP contribution in [0.2, 0.25) is 0 Å². The van der Waals surface area contributed by atoms with E-state index >= 15 is 0 Å². The Labute approximate surface area is 236 Å². The van der Waals surface area contributed by atoms with E-state index in [4.69, 9.17) is 14.2 Å². The van der Waals surface area contributed by atoms with Gasteiger partial charge in [-0.15, -0.1) is 0 Å². The summed E-state index contributed by atoms with van der Waals surface area (Å²) in [4.78, 5) is 43.5. The molecular weight excluding hydrogens is 532 g/mol. The molecule has 40 heavy (non-hydrogen) atoms. The van der Waals surface area contributed by atoms with E-state index in [1.807, 2.05) is 24.3 Å². The molecular formula is C30H32N2O7S. The summed E-state index contributed by atoms with van der Waals surface area (Å²) in [6.45, 7) is 7.68. The third kappa shape index (κ3) is 5.86. The Hall–Kier alpha value is -4.18. The first-order valence-electron chi connectivity index (χ1n) is 12.9. The first-order valence-corrected chi connectivity index (χ1v) is 13.7. The van der Waals surface area contributed by atoms with Gasteiger partial charge in [0, 0.05) is 0 Å². The number of carbonyl (C=O) groups is 2. The first-order chi connectivity index (χ1) is 19.2. The molecule has 0 bridgehead atoms. The number of carbonyl (C=O) groups excluding carboxylic acids is 2. The van der Waals surface area contributed by atoms with Crippen molar-refractivity contribution in [3.05, 3.63) is 90.1 Å². The molecule has 2 heterocycles. The maximum atomic E-state index is 13.8. The number of methoxy groups -OCH3 is 2. The highest BCUT2D eigenvalue weighted by molar-refractivity contribution is 7.07. The lowest BCUT2D eigenvalue weighted by atomic mass is 9.93. The van der Waals surface area contributed by atoms with E-state index in [0.717, 1.165) is 11.1 Å². The smallest absolute Gasteiger partial charge is 0.343 e. The lowest BCUT2D eigenvalue weighted by Crippen LogP contribution is -2.39. The number of esters is 2. The minimum Gasteiger partial charge on any atom is -0.493 e. The average Bonchev–Trinajstić information content (AvgIpc) is 3.25. The van der Waals surface area contributed by atoms with E-state index in [-0.39, 0.29) is 18.8 Å². The summed E-state index contributed by atoms with van der Waals surface area (Å²) < 4.78 is 22.9. The number of aromatic nitrogens is 1. The summed E-state index contributed by atoms with van der Waals surface area (Å²) in [6, 6.07) is 12.4. The van der Waals surface area contributed by atoms with Crippen molar-refractivity contribution in [3.8, 4) is 11.5 Å². The molecule has 2 aromatic carbocycles. The van der Waals surface area contributed by atoms with Crippen LogP contribution in [0.1, 0.15) is 56.3 Å². The fourth-order valence-corrected chi connectivity index (χ4v) is 5.46. The van der Waals surface area contributed by atoms with Gasteiger partial charge in [-0.25, -0.2) is 14.6 Å². The summed E-state index contributed by atoms with van der Waals surface area (Å²) in [5.74, 6) is 0.0912. The van der Waals surface area contributed by atoms with Gasteiger partial charge < -0.3 is 18.9 Å². The second-order valence-corrected chi connectivity index (χ2v) is 10.4. The minimum atomic E-state index is -0.678. The summed E-state index contributed by atoms with van der Waals surface area (Å²) in [5, 5.41) is 0. The zero-order chi connectivity index (χ0) is 29.0. The quantitative estimate of drug-likeness (QED) is 0.367. The molecule has 1 aliphatic heterocycles. The Bertz CT molecular complexity index is 1630. The Morgan fingerprint density at radius 3 is 2.45 bits per heavy atom. The van der Waals surface area contributed by atoms with Crippen LogP contribution >= 0.6 is 11.3 Å². The minimum absolute atomic E-state index is 0.209. The van der Waals surface area contributed by atoms with Gasteiger partial charge in [0.1, 0.15) is 0 Å². The summed E-state index contributed by atoms with van der Waals surface area (Å²) in [7, 11) is 2.77. The van der Waals surface area contributed by atoms with Gasteiger partial charge in [0.15, 0.2) is 22.9 Å². The van der Waals surface area contributed by atoms with Crippen molar-refractivity contribution < 1.29 is 28.5 Å². The third-order valence-corrected chi connectivity index (χ3v) is 7.48. The van der Waals surface area contributed by atoms with Gasteiger partial charge in [0.25, 0.3) is 5.56 Å². The number of allylic oxidation sites excluding steroid dienone is 1. The fourth-order valence-electron chi connectivity index (χ4n) is 4.41. The zero-order valence-corrected chi connectivity index (χ0v) is 24.2. The van der Waals surface area contributed by atoms with Crippen molar-refractivity contribution in [2.45, 2.75) is 39.7 Å². The van der Waals surface area contributed by atoms with Gasteiger partial charge in [-0.3, -0.25) is 9.36 Å². The van der Waals surface area contributed by atoms with E-state index in [1.54, 1.807) is 42.7 Å². The molecule has 210 valence electrons. The first kappa shape index (κ1) is 28.8. The van der Waals surface area contributed by atoms with E-state index in [0.29, 0.717) is 43.6 Å². The SMILES string of the molecule is CCOC(=O)C1=C(C)N=c2sc(=Cc3ccc(OCC(=O)OC)c(OC)c3)c(=O)n2C1c1ccc(C(C)C)cc1. The highest BCUT2D eigenvalue weighted by Crippen LogP contribution is 2.32. The van der Waals surface area contributed by atoms with E-state index in [2.05, 4.69) is 23.6 Å². The molecule has 1 aliphatic rings. The molecule has 0 aliphatic carbocycles. The topological polar surface area (TPSA) is 105 Å². The van der Waals surface area contributed by atoms with Gasteiger partial charge in [-0.2, -0.15) is 0 Å². The Morgan fingerprint density at radius 2 is 1.82 bits per heavy atom. The zero-order valence-electron chi connectivity index (χ0n) is 23.3. The second kappa shape index (κ2) is 12.3. The van der Waals surface area contributed by atoms with Crippen molar-refractivity contribution in [3.63, 3.8) is 0 Å². The van der Waals surface area contributed by atoms with Crippen molar-refractivity contribution in [1.82, 2.24) is 4.57 Å². The molecule has 0 amide bonds. The van der Waals surface area contributed by atoms with Gasteiger partial charge in [0.05, 0.1) is 42.7 Å². The standard InChI is InChI=1S/C30H32N2O7S/c1-7-38-29(35)26-18(4)31-30-32(27(26)21-11-9-20(10-12-21)17(2)3)28(34)24(40-30)15-19-8-13-22(23(14-19)36-5)39-16-25(33)37-6/h8-15,17,27H,7,16H2,1-6H3. The highest BCUT2D eigenvalue weighted by Gasteiger charge is 2.33. The molecule has 10 heteroatoms. The van der Waals surface area contributed by atoms with Gasteiger partial charge in [-0.05, 0) is 54.7 Å². The highest BCUT2D eigenvalue weighted by atomic mass is 32.1. The van der Waals surface area contributed by atoms with Crippen LogP contribution in [0.4, 0.5) is 0 Å². The monoisotopic (exact) mass is 564 g/mol. The molecule has 0 spiro atoms. The molecule has 0 N–H and O–H groups in total. The lowest BCUT2D eigenvalue weighted by molar-refractivity contribution is -0.143. The second-order valence-electron chi connectivity index (χ2n) is 9.40. The Balaban J connectivity index is 1.82. The van der Waals surface area contributed by atoms with Crippen LogP contribution < -0.4 is 24.4 Å². The predicted octanol–water partition coefficient (Wildman–Crippen LogP) is 3.48. The van der Waals surface area contributed by atoms with Gasteiger partial charge >= 0.3 is 11.9 Å². The predicted molar refractivity (Wildman–Crippen MR) is 151 cm³/mol. The van der Waals surface area contributed by atoms with Crippen molar-refractivity contribution in [2.24, 2.45) is 4.99 Å². The molecule has 0 saturated carbocycles. The molecule has 1 atom stereocenters. The van der Waals surface area contributed by atoms with Crippen molar-refractivity contribution in [2.75, 3.05) is 27.4 Å². The number of ether oxygens (including phenoxy) is 4. The number of hydrogen-bond donors (Lipinski definition) is 0.